The highest BCUT2D eigenvalue weighted by atomic mass is 16.3. The maximum absolute atomic E-state index is 8.99. The van der Waals surface area contributed by atoms with Crippen molar-refractivity contribution >= 4 is 17.5 Å². The van der Waals surface area contributed by atoms with Gasteiger partial charge in [0, 0.05) is 30.5 Å². The normalized spacial score (nSPS) is 10.6. The van der Waals surface area contributed by atoms with Gasteiger partial charge in [0.25, 0.3) is 0 Å². The van der Waals surface area contributed by atoms with E-state index >= 15 is 0 Å². The highest BCUT2D eigenvalue weighted by Gasteiger charge is 2.07. The molecule has 0 aliphatic carbocycles. The Bertz CT molecular complexity index is 845. The minimum Gasteiger partial charge on any atom is -0.396 e. The second kappa shape index (κ2) is 8.45. The fourth-order valence-corrected chi connectivity index (χ4v) is 2.82. The van der Waals surface area contributed by atoms with Gasteiger partial charge in [-0.05, 0) is 43.5 Å². The second-order valence-electron chi connectivity index (χ2n) is 6.33. The van der Waals surface area contributed by atoms with Crippen molar-refractivity contribution in [3.8, 4) is 11.3 Å². The van der Waals surface area contributed by atoms with Crippen LogP contribution in [0.1, 0.15) is 17.5 Å². The molecule has 1 heterocycles. The molecule has 0 aliphatic rings. The molecule has 0 aliphatic heterocycles. The summed E-state index contributed by atoms with van der Waals surface area (Å²) in [7, 11) is 0. The van der Waals surface area contributed by atoms with Crippen LogP contribution in [0.15, 0.2) is 54.6 Å². The first-order valence-electron chi connectivity index (χ1n) is 8.78. The lowest BCUT2D eigenvalue weighted by Crippen LogP contribution is -2.08. The molecule has 1 aromatic heterocycles. The van der Waals surface area contributed by atoms with Crippen LogP contribution in [0.2, 0.25) is 0 Å². The topological polar surface area (TPSA) is 70.1 Å². The Labute approximate surface area is 154 Å². The van der Waals surface area contributed by atoms with Gasteiger partial charge in [-0.25, -0.2) is 4.98 Å². The number of aliphatic hydroxyl groups excluding tert-OH is 1. The number of nitrogens with one attached hydrogen (secondary N) is 2. The van der Waals surface area contributed by atoms with E-state index in [1.165, 1.54) is 11.1 Å². The first kappa shape index (κ1) is 17.9. The van der Waals surface area contributed by atoms with Crippen molar-refractivity contribution in [2.45, 2.75) is 20.3 Å². The Kier molecular flexibility index (Phi) is 5.81. The average molecular weight is 348 g/mol. The third kappa shape index (κ3) is 4.80. The third-order valence-corrected chi connectivity index (χ3v) is 3.91. The van der Waals surface area contributed by atoms with E-state index in [4.69, 9.17) is 5.11 Å². The van der Waals surface area contributed by atoms with E-state index in [1.54, 1.807) is 0 Å². The van der Waals surface area contributed by atoms with Crippen LogP contribution in [0, 0.1) is 13.8 Å². The van der Waals surface area contributed by atoms with Crippen molar-refractivity contribution in [1.29, 1.82) is 0 Å². The summed E-state index contributed by atoms with van der Waals surface area (Å²) in [6.07, 6.45) is 0.652. The molecule has 5 heteroatoms. The number of anilines is 3. The van der Waals surface area contributed by atoms with Gasteiger partial charge in [0.15, 0.2) is 0 Å². The number of hydrogen-bond donors (Lipinski definition) is 3. The van der Waals surface area contributed by atoms with Gasteiger partial charge in [-0.3, -0.25) is 0 Å². The van der Waals surface area contributed by atoms with Gasteiger partial charge in [0.1, 0.15) is 5.82 Å². The monoisotopic (exact) mass is 348 g/mol. The van der Waals surface area contributed by atoms with Crippen molar-refractivity contribution in [2.75, 3.05) is 23.8 Å². The number of benzene rings is 2. The molecule has 0 saturated heterocycles. The third-order valence-electron chi connectivity index (χ3n) is 3.91. The smallest absolute Gasteiger partial charge is 0.225 e. The lowest BCUT2D eigenvalue weighted by molar-refractivity contribution is 0.292. The highest BCUT2D eigenvalue weighted by Crippen LogP contribution is 2.24. The van der Waals surface area contributed by atoms with Crippen LogP contribution < -0.4 is 10.6 Å². The van der Waals surface area contributed by atoms with Gasteiger partial charge in [-0.2, -0.15) is 4.98 Å². The number of nitrogens with zero attached hydrogens (tertiary/aromatic N) is 2. The van der Waals surface area contributed by atoms with E-state index in [2.05, 4.69) is 52.6 Å². The van der Waals surface area contributed by atoms with Crippen LogP contribution in [0.25, 0.3) is 11.3 Å². The van der Waals surface area contributed by atoms with E-state index in [0.717, 1.165) is 22.8 Å². The first-order chi connectivity index (χ1) is 12.6. The summed E-state index contributed by atoms with van der Waals surface area (Å²) in [5.41, 5.74) is 5.28. The summed E-state index contributed by atoms with van der Waals surface area (Å²) in [5, 5.41) is 15.6. The van der Waals surface area contributed by atoms with Crippen molar-refractivity contribution in [1.82, 2.24) is 9.97 Å². The zero-order chi connectivity index (χ0) is 18.4. The molecule has 3 aromatic rings. The summed E-state index contributed by atoms with van der Waals surface area (Å²) in [4.78, 5) is 9.18. The fourth-order valence-electron chi connectivity index (χ4n) is 2.82. The predicted molar refractivity (Wildman–Crippen MR) is 107 cm³/mol. The Balaban J connectivity index is 1.93. The van der Waals surface area contributed by atoms with Crippen molar-refractivity contribution in [2.24, 2.45) is 0 Å². The van der Waals surface area contributed by atoms with Gasteiger partial charge in [-0.1, -0.05) is 36.4 Å². The van der Waals surface area contributed by atoms with Gasteiger partial charge in [0.2, 0.25) is 5.95 Å². The fraction of sp³-hybridized carbons (Fsp3) is 0.238. The van der Waals surface area contributed by atoms with Gasteiger partial charge in [0.05, 0.1) is 5.69 Å². The molecule has 26 heavy (non-hydrogen) atoms. The molecular weight excluding hydrogens is 324 g/mol. The number of aromatic nitrogens is 2. The Morgan fingerprint density at radius 3 is 2.35 bits per heavy atom. The summed E-state index contributed by atoms with van der Waals surface area (Å²) < 4.78 is 0. The van der Waals surface area contributed by atoms with Crippen molar-refractivity contribution in [3.63, 3.8) is 0 Å². The van der Waals surface area contributed by atoms with E-state index in [1.807, 2.05) is 36.4 Å². The van der Waals surface area contributed by atoms with Crippen molar-refractivity contribution < 1.29 is 5.11 Å². The van der Waals surface area contributed by atoms with Crippen LogP contribution in [-0.4, -0.2) is 28.2 Å². The molecule has 5 nitrogen and oxygen atoms in total. The summed E-state index contributed by atoms with van der Waals surface area (Å²) in [6, 6.07) is 18.3. The van der Waals surface area contributed by atoms with Gasteiger partial charge >= 0.3 is 0 Å². The average Bonchev–Trinajstić information content (AvgIpc) is 2.62. The van der Waals surface area contributed by atoms with Crippen LogP contribution in [0.4, 0.5) is 17.5 Å². The van der Waals surface area contributed by atoms with E-state index in [-0.39, 0.29) is 6.61 Å². The molecule has 2 aromatic carbocycles. The van der Waals surface area contributed by atoms with E-state index < -0.39 is 0 Å². The lowest BCUT2D eigenvalue weighted by Gasteiger charge is -2.12. The molecule has 134 valence electrons. The van der Waals surface area contributed by atoms with Crippen LogP contribution >= 0.6 is 0 Å². The zero-order valence-corrected chi connectivity index (χ0v) is 15.2. The Morgan fingerprint density at radius 1 is 0.923 bits per heavy atom. The number of rotatable bonds is 7. The molecule has 0 bridgehead atoms. The highest BCUT2D eigenvalue weighted by molar-refractivity contribution is 5.67. The SMILES string of the molecule is Cc1cc(C)cc(Nc2cc(-c3ccccc3)nc(NCCCO)n2)c1. The minimum atomic E-state index is 0.138. The number of aliphatic hydroxyl groups is 1. The maximum atomic E-state index is 8.99. The van der Waals surface area contributed by atoms with Crippen LogP contribution in [0.5, 0.6) is 0 Å². The lowest BCUT2D eigenvalue weighted by atomic mass is 10.1. The Hall–Kier alpha value is -2.92. The number of hydrogen-bond acceptors (Lipinski definition) is 5. The van der Waals surface area contributed by atoms with Gasteiger partial charge in [-0.15, -0.1) is 0 Å². The summed E-state index contributed by atoms with van der Waals surface area (Å²) >= 11 is 0. The molecule has 3 rings (SSSR count). The standard InChI is InChI=1S/C21H24N4O/c1-15-11-16(2)13-18(12-15)23-20-14-19(17-7-4-3-5-8-17)24-21(25-20)22-9-6-10-26/h3-5,7-8,11-14,26H,6,9-10H2,1-2H3,(H2,22,23,24,25). The minimum absolute atomic E-state index is 0.138. The predicted octanol–water partition coefficient (Wildman–Crippen LogP) is 4.30. The molecule has 3 N–H and O–H groups in total. The summed E-state index contributed by atoms with van der Waals surface area (Å²) in [5.74, 6) is 1.28. The molecular formula is C21H24N4O. The second-order valence-corrected chi connectivity index (χ2v) is 6.33. The molecule has 0 atom stereocenters. The largest absolute Gasteiger partial charge is 0.396 e. The first-order valence-corrected chi connectivity index (χ1v) is 8.78. The molecule has 0 radical (unpaired) electrons. The van der Waals surface area contributed by atoms with E-state index in [0.29, 0.717) is 18.9 Å². The molecule has 0 fully saturated rings. The van der Waals surface area contributed by atoms with E-state index in [9.17, 15) is 0 Å². The molecule has 0 spiro atoms. The zero-order valence-electron chi connectivity index (χ0n) is 15.2. The number of aryl methyl sites for hydroxylation is 2. The summed E-state index contributed by atoms with van der Waals surface area (Å²) in [6.45, 7) is 4.92. The van der Waals surface area contributed by atoms with Crippen LogP contribution in [-0.2, 0) is 0 Å². The maximum Gasteiger partial charge on any atom is 0.225 e. The van der Waals surface area contributed by atoms with Crippen molar-refractivity contribution in [3.05, 3.63) is 65.7 Å². The van der Waals surface area contributed by atoms with Gasteiger partial charge < -0.3 is 15.7 Å². The molecule has 0 amide bonds. The van der Waals surface area contributed by atoms with Crippen LogP contribution in [0.3, 0.4) is 0 Å². The Morgan fingerprint density at radius 2 is 1.65 bits per heavy atom. The molecule has 0 unspecified atom stereocenters. The molecule has 0 saturated carbocycles. The quantitative estimate of drug-likeness (QED) is 0.555.